The number of ether oxygens (including phenoxy) is 1. The maximum atomic E-state index is 12.3. The van der Waals surface area contributed by atoms with Crippen LogP contribution in [0.15, 0.2) is 18.5 Å². The van der Waals surface area contributed by atoms with Crippen LogP contribution in [0.1, 0.15) is 17.3 Å². The van der Waals surface area contributed by atoms with E-state index in [-0.39, 0.29) is 29.4 Å². The Balaban J connectivity index is 2.16. The summed E-state index contributed by atoms with van der Waals surface area (Å²) in [7, 11) is 0. The molecule has 0 aromatic carbocycles. The van der Waals surface area contributed by atoms with Crippen molar-refractivity contribution in [3.8, 4) is 5.75 Å². The third kappa shape index (κ3) is 2.60. The normalized spacial score (nSPS) is 24.0. The molecule has 1 aromatic heterocycles. The molecule has 2 atom stereocenters. The highest BCUT2D eigenvalue weighted by molar-refractivity contribution is 5.96. The molecule has 3 N–H and O–H groups in total. The van der Waals surface area contributed by atoms with Crippen LogP contribution in [0.5, 0.6) is 5.75 Å². The number of nitrogens with two attached hydrogens (primary N) is 1. The molecule has 1 aliphatic rings. The molecule has 6 nitrogen and oxygen atoms in total. The Morgan fingerprint density at radius 1 is 1.67 bits per heavy atom. The number of aromatic nitrogens is 1. The summed E-state index contributed by atoms with van der Waals surface area (Å²) in [5.74, 6) is -0.325. The number of hydrogen-bond donors (Lipinski definition) is 2. The molecule has 18 heavy (non-hydrogen) atoms. The van der Waals surface area contributed by atoms with Gasteiger partial charge in [-0.1, -0.05) is 0 Å². The second kappa shape index (κ2) is 5.32. The molecule has 0 spiro atoms. The van der Waals surface area contributed by atoms with Crippen molar-refractivity contribution in [1.82, 2.24) is 9.88 Å². The molecule has 0 bridgehead atoms. The largest absolute Gasteiger partial charge is 0.505 e. The summed E-state index contributed by atoms with van der Waals surface area (Å²) in [6.45, 7) is 3.21. The van der Waals surface area contributed by atoms with E-state index in [0.717, 1.165) is 0 Å². The fourth-order valence-electron chi connectivity index (χ4n) is 2.08. The summed E-state index contributed by atoms with van der Waals surface area (Å²) in [6.07, 6.45) is 2.54. The number of carbonyl (C=O) groups excluding carboxylic acids is 1. The van der Waals surface area contributed by atoms with Gasteiger partial charge in [0.25, 0.3) is 5.91 Å². The Labute approximate surface area is 105 Å². The minimum absolute atomic E-state index is 0.0553. The van der Waals surface area contributed by atoms with E-state index < -0.39 is 0 Å². The number of aromatic hydroxyl groups is 1. The molecule has 0 aliphatic carbocycles. The first-order chi connectivity index (χ1) is 8.61. The van der Waals surface area contributed by atoms with Gasteiger partial charge in [0.1, 0.15) is 5.75 Å². The van der Waals surface area contributed by atoms with Crippen LogP contribution in [-0.4, -0.2) is 52.7 Å². The summed E-state index contributed by atoms with van der Waals surface area (Å²) < 4.78 is 5.59. The second-order valence-electron chi connectivity index (χ2n) is 4.41. The molecule has 1 fully saturated rings. The Morgan fingerprint density at radius 2 is 2.44 bits per heavy atom. The van der Waals surface area contributed by atoms with Crippen LogP contribution in [0.2, 0.25) is 0 Å². The van der Waals surface area contributed by atoms with Crippen molar-refractivity contribution in [1.29, 1.82) is 0 Å². The highest BCUT2D eigenvalue weighted by atomic mass is 16.5. The van der Waals surface area contributed by atoms with E-state index in [2.05, 4.69) is 4.98 Å². The molecule has 2 unspecified atom stereocenters. The molecule has 2 heterocycles. The van der Waals surface area contributed by atoms with Crippen LogP contribution in [0.25, 0.3) is 0 Å². The van der Waals surface area contributed by atoms with Crippen molar-refractivity contribution in [3.05, 3.63) is 24.0 Å². The van der Waals surface area contributed by atoms with Crippen molar-refractivity contribution in [2.45, 2.75) is 19.1 Å². The maximum absolute atomic E-state index is 12.3. The summed E-state index contributed by atoms with van der Waals surface area (Å²) in [4.78, 5) is 17.7. The van der Waals surface area contributed by atoms with E-state index >= 15 is 0 Å². The van der Waals surface area contributed by atoms with Gasteiger partial charge in [0.05, 0.1) is 24.0 Å². The van der Waals surface area contributed by atoms with Gasteiger partial charge in [-0.2, -0.15) is 0 Å². The van der Waals surface area contributed by atoms with Gasteiger partial charge in [0, 0.05) is 25.8 Å². The fraction of sp³-hybridized carbons (Fsp3) is 0.500. The molecule has 0 radical (unpaired) electrons. The number of carbonyl (C=O) groups is 1. The van der Waals surface area contributed by atoms with E-state index in [1.807, 2.05) is 6.92 Å². The average Bonchev–Trinajstić information content (AvgIpc) is 2.37. The molecule has 0 saturated carbocycles. The lowest BCUT2D eigenvalue weighted by atomic mass is 10.1. The highest BCUT2D eigenvalue weighted by Crippen LogP contribution is 2.19. The molecule has 6 heteroatoms. The molecule has 1 aliphatic heterocycles. The molecule has 2 rings (SSSR count). The maximum Gasteiger partial charge on any atom is 0.257 e. The number of nitrogens with zero attached hydrogens (tertiary/aromatic N) is 2. The van der Waals surface area contributed by atoms with Gasteiger partial charge in [-0.25, -0.2) is 0 Å². The van der Waals surface area contributed by atoms with Crippen molar-refractivity contribution >= 4 is 5.91 Å². The van der Waals surface area contributed by atoms with Gasteiger partial charge >= 0.3 is 0 Å². The van der Waals surface area contributed by atoms with E-state index in [4.69, 9.17) is 10.5 Å². The van der Waals surface area contributed by atoms with Crippen LogP contribution in [0, 0.1) is 0 Å². The third-order valence-corrected chi connectivity index (χ3v) is 2.91. The van der Waals surface area contributed by atoms with Crippen LogP contribution < -0.4 is 5.73 Å². The average molecular weight is 251 g/mol. The van der Waals surface area contributed by atoms with E-state index in [9.17, 15) is 9.90 Å². The molecule has 1 amide bonds. The lowest BCUT2D eigenvalue weighted by Gasteiger charge is -2.36. The van der Waals surface area contributed by atoms with Gasteiger partial charge in [0.15, 0.2) is 0 Å². The standard InChI is InChI=1S/C12H17N3O3/c1-8-6-15(7-9(4-13)18-8)12(17)10-2-3-14-5-11(10)16/h2-3,5,8-9,16H,4,6-7,13H2,1H3. The zero-order chi connectivity index (χ0) is 13.1. The van der Waals surface area contributed by atoms with E-state index in [1.165, 1.54) is 18.5 Å². The number of hydrogen-bond acceptors (Lipinski definition) is 5. The first-order valence-corrected chi connectivity index (χ1v) is 5.89. The van der Waals surface area contributed by atoms with Crippen LogP contribution >= 0.6 is 0 Å². The lowest BCUT2D eigenvalue weighted by molar-refractivity contribution is -0.0626. The molecule has 1 aromatic rings. The fourth-order valence-corrected chi connectivity index (χ4v) is 2.08. The van der Waals surface area contributed by atoms with Gasteiger partial charge < -0.3 is 20.5 Å². The Bertz CT molecular complexity index is 438. The van der Waals surface area contributed by atoms with Crippen LogP contribution in [0.3, 0.4) is 0 Å². The summed E-state index contributed by atoms with van der Waals surface area (Å²) in [5, 5.41) is 9.63. The number of rotatable bonds is 2. The highest BCUT2D eigenvalue weighted by Gasteiger charge is 2.29. The Kier molecular flexibility index (Phi) is 3.78. The topological polar surface area (TPSA) is 88.7 Å². The van der Waals surface area contributed by atoms with Crippen molar-refractivity contribution in [3.63, 3.8) is 0 Å². The minimum atomic E-state index is -0.219. The van der Waals surface area contributed by atoms with Gasteiger partial charge in [0.2, 0.25) is 0 Å². The molecular formula is C12H17N3O3. The monoisotopic (exact) mass is 251 g/mol. The second-order valence-corrected chi connectivity index (χ2v) is 4.41. The summed E-state index contributed by atoms with van der Waals surface area (Å²) in [5.41, 5.74) is 5.83. The van der Waals surface area contributed by atoms with E-state index in [1.54, 1.807) is 4.90 Å². The smallest absolute Gasteiger partial charge is 0.257 e. The van der Waals surface area contributed by atoms with Crippen molar-refractivity contribution in [2.24, 2.45) is 5.73 Å². The third-order valence-electron chi connectivity index (χ3n) is 2.91. The van der Waals surface area contributed by atoms with Gasteiger partial charge in [-0.3, -0.25) is 9.78 Å². The number of amides is 1. The number of morpholine rings is 1. The zero-order valence-corrected chi connectivity index (χ0v) is 10.2. The quantitative estimate of drug-likeness (QED) is 0.771. The molecular weight excluding hydrogens is 234 g/mol. The summed E-state index contributed by atoms with van der Waals surface area (Å²) >= 11 is 0. The Morgan fingerprint density at radius 3 is 3.11 bits per heavy atom. The predicted molar refractivity (Wildman–Crippen MR) is 65.2 cm³/mol. The summed E-state index contributed by atoms with van der Waals surface area (Å²) in [6, 6.07) is 1.51. The van der Waals surface area contributed by atoms with Crippen LogP contribution in [0.4, 0.5) is 0 Å². The Hall–Kier alpha value is -1.66. The SMILES string of the molecule is CC1CN(C(=O)c2ccncc2O)CC(CN)O1. The minimum Gasteiger partial charge on any atom is -0.505 e. The first-order valence-electron chi connectivity index (χ1n) is 5.89. The molecule has 98 valence electrons. The van der Waals surface area contributed by atoms with E-state index in [0.29, 0.717) is 19.6 Å². The number of pyridine rings is 1. The van der Waals surface area contributed by atoms with Gasteiger partial charge in [-0.05, 0) is 13.0 Å². The van der Waals surface area contributed by atoms with Crippen LogP contribution in [-0.2, 0) is 4.74 Å². The first kappa shape index (κ1) is 12.8. The zero-order valence-electron chi connectivity index (χ0n) is 10.2. The molecule has 1 saturated heterocycles. The lowest BCUT2D eigenvalue weighted by Crippen LogP contribution is -2.51. The van der Waals surface area contributed by atoms with Gasteiger partial charge in [-0.15, -0.1) is 0 Å². The van der Waals surface area contributed by atoms with Crippen molar-refractivity contribution in [2.75, 3.05) is 19.6 Å². The predicted octanol–water partition coefficient (Wildman–Crippen LogP) is -0.0246. The van der Waals surface area contributed by atoms with Crippen molar-refractivity contribution < 1.29 is 14.6 Å².